The number of benzene rings is 2. The number of methoxy groups -OCH3 is 1. The number of urea groups is 1. The summed E-state index contributed by atoms with van der Waals surface area (Å²) in [5, 5.41) is 10.9. The predicted octanol–water partition coefficient (Wildman–Crippen LogP) is 3.77. The van der Waals surface area contributed by atoms with Gasteiger partial charge in [0.25, 0.3) is 0 Å². The number of carbonyl (C=O) groups excluding carboxylic acids is 1. The first-order valence-electron chi connectivity index (χ1n) is 12.1. The van der Waals surface area contributed by atoms with E-state index in [-0.39, 0.29) is 6.03 Å². The van der Waals surface area contributed by atoms with Crippen molar-refractivity contribution in [1.82, 2.24) is 25.3 Å². The number of nitrogens with one attached hydrogen (secondary N) is 2. The van der Waals surface area contributed by atoms with Crippen LogP contribution < -0.4 is 15.4 Å². The zero-order valence-corrected chi connectivity index (χ0v) is 19.9. The summed E-state index contributed by atoms with van der Waals surface area (Å²) in [6.45, 7) is 3.33. The molecule has 4 heterocycles. The molecule has 34 heavy (non-hydrogen) atoms. The average Bonchev–Trinajstić information content (AvgIpc) is 3.28. The van der Waals surface area contributed by atoms with Crippen molar-refractivity contribution in [2.75, 3.05) is 26.7 Å². The first-order chi connectivity index (χ1) is 16.6. The highest BCUT2D eigenvalue weighted by Gasteiger charge is 2.41. The fraction of sp³-hybridized carbons (Fsp3) is 0.407. The fourth-order valence-corrected chi connectivity index (χ4v) is 5.55. The van der Waals surface area contributed by atoms with Crippen LogP contribution in [0.5, 0.6) is 5.75 Å². The lowest BCUT2D eigenvalue weighted by molar-refractivity contribution is 0.0294. The molecule has 0 saturated carbocycles. The number of para-hydroxylation sites is 1. The molecule has 1 unspecified atom stereocenters. The van der Waals surface area contributed by atoms with E-state index >= 15 is 0 Å². The summed E-state index contributed by atoms with van der Waals surface area (Å²) in [5.41, 5.74) is 4.36. The van der Waals surface area contributed by atoms with Crippen LogP contribution in [0.15, 0.2) is 60.7 Å². The van der Waals surface area contributed by atoms with Gasteiger partial charge in [-0.25, -0.2) is 4.79 Å². The molecular weight excluding hydrogens is 426 g/mol. The van der Waals surface area contributed by atoms with Gasteiger partial charge in [-0.1, -0.05) is 42.5 Å². The largest absolute Gasteiger partial charge is 0.496 e. The number of carbonyl (C=O) groups is 1. The second-order valence-corrected chi connectivity index (χ2v) is 9.37. The van der Waals surface area contributed by atoms with Gasteiger partial charge in [-0.05, 0) is 49.1 Å². The lowest BCUT2D eigenvalue weighted by Crippen LogP contribution is -2.56. The van der Waals surface area contributed by atoms with Crippen molar-refractivity contribution in [3.05, 3.63) is 71.9 Å². The van der Waals surface area contributed by atoms with Crippen LogP contribution in [-0.4, -0.2) is 53.5 Å². The Balaban J connectivity index is 1.20. The SMILES string of the molecule is COc1ccccc1-c1cc([C@H]2CN3CC[C@H]2C[C@@H]3CNC(=O)NCc2ccccc2)n(C)n1. The van der Waals surface area contributed by atoms with E-state index in [4.69, 9.17) is 9.84 Å². The number of aromatic nitrogens is 2. The monoisotopic (exact) mass is 459 g/mol. The molecule has 4 atom stereocenters. The zero-order valence-electron chi connectivity index (χ0n) is 19.9. The number of hydrogen-bond donors (Lipinski definition) is 2. The Morgan fingerprint density at radius 1 is 1.12 bits per heavy atom. The van der Waals surface area contributed by atoms with E-state index < -0.39 is 0 Å². The summed E-state index contributed by atoms with van der Waals surface area (Å²) >= 11 is 0. The molecule has 0 radical (unpaired) electrons. The van der Waals surface area contributed by atoms with E-state index in [0.29, 0.717) is 31.0 Å². The number of rotatable bonds is 7. The van der Waals surface area contributed by atoms with Crippen molar-refractivity contribution < 1.29 is 9.53 Å². The summed E-state index contributed by atoms with van der Waals surface area (Å²) in [4.78, 5) is 14.9. The molecule has 0 spiro atoms. The maximum Gasteiger partial charge on any atom is 0.315 e. The van der Waals surface area contributed by atoms with Crippen molar-refractivity contribution in [3.63, 3.8) is 0 Å². The van der Waals surface area contributed by atoms with Crippen LogP contribution in [0.25, 0.3) is 11.3 Å². The van der Waals surface area contributed by atoms with Crippen LogP contribution in [0.4, 0.5) is 4.79 Å². The second-order valence-electron chi connectivity index (χ2n) is 9.37. The lowest BCUT2D eigenvalue weighted by atomic mass is 9.74. The predicted molar refractivity (Wildman–Crippen MR) is 133 cm³/mol. The Bertz CT molecular complexity index is 1130. The van der Waals surface area contributed by atoms with Crippen LogP contribution in [0.3, 0.4) is 0 Å². The van der Waals surface area contributed by atoms with E-state index in [1.54, 1.807) is 7.11 Å². The summed E-state index contributed by atoms with van der Waals surface area (Å²) in [5.74, 6) is 1.90. The minimum atomic E-state index is -0.101. The van der Waals surface area contributed by atoms with Gasteiger partial charge in [-0.2, -0.15) is 5.10 Å². The van der Waals surface area contributed by atoms with Crippen molar-refractivity contribution in [1.29, 1.82) is 0 Å². The molecule has 7 nitrogen and oxygen atoms in total. The normalized spacial score (nSPS) is 23.5. The summed E-state index contributed by atoms with van der Waals surface area (Å²) < 4.78 is 7.59. The molecular formula is C27H33N5O2. The zero-order chi connectivity index (χ0) is 23.5. The van der Waals surface area contributed by atoms with E-state index in [2.05, 4.69) is 27.7 Å². The number of hydrogen-bond acceptors (Lipinski definition) is 4. The number of amides is 2. The van der Waals surface area contributed by atoms with Crippen LogP contribution in [0, 0.1) is 5.92 Å². The van der Waals surface area contributed by atoms with Crippen LogP contribution in [0.2, 0.25) is 0 Å². The molecule has 3 aliphatic heterocycles. The van der Waals surface area contributed by atoms with Gasteiger partial charge in [-0.3, -0.25) is 9.58 Å². The highest BCUT2D eigenvalue weighted by atomic mass is 16.5. The van der Waals surface area contributed by atoms with Crippen molar-refractivity contribution in [3.8, 4) is 17.0 Å². The quantitative estimate of drug-likeness (QED) is 0.564. The van der Waals surface area contributed by atoms with Crippen LogP contribution in [-0.2, 0) is 13.6 Å². The van der Waals surface area contributed by atoms with Gasteiger partial charge >= 0.3 is 6.03 Å². The number of aryl methyl sites for hydroxylation is 1. The van der Waals surface area contributed by atoms with Gasteiger partial charge in [0, 0.05) is 49.9 Å². The highest BCUT2D eigenvalue weighted by Crippen LogP contribution is 2.42. The molecule has 6 rings (SSSR count). The van der Waals surface area contributed by atoms with Gasteiger partial charge in [0.05, 0.1) is 12.8 Å². The number of piperidine rings is 3. The van der Waals surface area contributed by atoms with Crippen molar-refractivity contribution in [2.45, 2.75) is 31.3 Å². The second kappa shape index (κ2) is 9.89. The Morgan fingerprint density at radius 2 is 1.91 bits per heavy atom. The lowest BCUT2D eigenvalue weighted by Gasteiger charge is -2.49. The molecule has 0 aliphatic carbocycles. The molecule has 3 aliphatic rings. The summed E-state index contributed by atoms with van der Waals surface area (Å²) in [7, 11) is 3.74. The molecule has 3 saturated heterocycles. The third-order valence-corrected chi connectivity index (χ3v) is 7.35. The smallest absolute Gasteiger partial charge is 0.315 e. The Hall–Kier alpha value is -3.32. The summed E-state index contributed by atoms with van der Waals surface area (Å²) in [6, 6.07) is 20.5. The van der Waals surface area contributed by atoms with Gasteiger partial charge in [0.2, 0.25) is 0 Å². The minimum absolute atomic E-state index is 0.101. The molecule has 7 heteroatoms. The number of nitrogens with zero attached hydrogens (tertiary/aromatic N) is 3. The molecule has 3 aromatic rings. The van der Waals surface area contributed by atoms with E-state index in [1.165, 1.54) is 12.1 Å². The topological polar surface area (TPSA) is 71.4 Å². The van der Waals surface area contributed by atoms with E-state index in [0.717, 1.165) is 42.1 Å². The molecule has 2 amide bonds. The van der Waals surface area contributed by atoms with Crippen molar-refractivity contribution >= 4 is 6.03 Å². The maximum absolute atomic E-state index is 12.3. The minimum Gasteiger partial charge on any atom is -0.496 e. The van der Waals surface area contributed by atoms with Gasteiger partial charge in [0.1, 0.15) is 5.75 Å². The molecule has 3 fully saturated rings. The average molecular weight is 460 g/mol. The Morgan fingerprint density at radius 3 is 2.68 bits per heavy atom. The standard InChI is InChI=1S/C27H33N5O2/c1-31-25(15-24(30-31)22-10-6-7-11-26(22)34-2)23-18-32-13-12-20(23)14-21(32)17-29-27(33)28-16-19-8-4-3-5-9-19/h3-11,15,20-21,23H,12-14,16-18H2,1-2H3,(H2,28,29,33)/t20-,21+,23-/m0/s1. The Labute approximate surface area is 201 Å². The fourth-order valence-electron chi connectivity index (χ4n) is 5.55. The van der Waals surface area contributed by atoms with Crippen LogP contribution >= 0.6 is 0 Å². The number of ether oxygens (including phenoxy) is 1. The number of fused-ring (bicyclic) bond motifs is 3. The van der Waals surface area contributed by atoms with Crippen molar-refractivity contribution in [2.24, 2.45) is 13.0 Å². The first kappa shape index (κ1) is 22.5. The molecule has 178 valence electrons. The first-order valence-corrected chi connectivity index (χ1v) is 12.1. The van der Waals surface area contributed by atoms with E-state index in [1.807, 2.05) is 60.3 Å². The molecule has 2 bridgehead atoms. The summed E-state index contributed by atoms with van der Waals surface area (Å²) in [6.07, 6.45) is 2.29. The van der Waals surface area contributed by atoms with E-state index in [9.17, 15) is 4.79 Å². The van der Waals surface area contributed by atoms with Gasteiger partial charge < -0.3 is 15.4 Å². The molecule has 1 aromatic heterocycles. The Kier molecular flexibility index (Phi) is 6.54. The maximum atomic E-state index is 12.3. The third kappa shape index (κ3) is 4.66. The molecule has 2 aromatic carbocycles. The highest BCUT2D eigenvalue weighted by molar-refractivity contribution is 5.73. The molecule has 2 N–H and O–H groups in total. The van der Waals surface area contributed by atoms with Gasteiger partial charge in [-0.15, -0.1) is 0 Å². The third-order valence-electron chi connectivity index (χ3n) is 7.35. The van der Waals surface area contributed by atoms with Gasteiger partial charge in [0.15, 0.2) is 0 Å². The van der Waals surface area contributed by atoms with Crippen LogP contribution in [0.1, 0.15) is 30.0 Å².